The van der Waals surface area contributed by atoms with Gasteiger partial charge in [0, 0.05) is 36.3 Å². The zero-order valence-electron chi connectivity index (χ0n) is 23.3. The van der Waals surface area contributed by atoms with Crippen molar-refractivity contribution in [3.63, 3.8) is 0 Å². The van der Waals surface area contributed by atoms with Crippen molar-refractivity contribution in [2.45, 2.75) is 65.0 Å². The quantitative estimate of drug-likeness (QED) is 0.342. The predicted octanol–water partition coefficient (Wildman–Crippen LogP) is 1.79. The van der Waals surface area contributed by atoms with Gasteiger partial charge in [-0.05, 0) is 49.3 Å². The number of hydrogen-bond donors (Lipinski definition) is 1. The fourth-order valence-electron chi connectivity index (χ4n) is 5.02. The molecule has 1 aliphatic rings. The SMILES string of the molecule is CCCc1nc(C)c(CC2CCCCO2)c(=O)n1Cc1ccc(-c2ccccc2-c2noc(=O)[nH]2)cc1.[H-].[K+]. The molecule has 0 aliphatic carbocycles. The van der Waals surface area contributed by atoms with Gasteiger partial charge in [-0.3, -0.25) is 18.9 Å². The van der Waals surface area contributed by atoms with Crippen LogP contribution in [0.1, 0.15) is 56.7 Å². The van der Waals surface area contributed by atoms with E-state index < -0.39 is 5.76 Å². The van der Waals surface area contributed by atoms with E-state index >= 15 is 0 Å². The molecule has 2 aromatic carbocycles. The van der Waals surface area contributed by atoms with E-state index in [-0.39, 0.29) is 64.5 Å². The number of H-pyrrole nitrogens is 1. The van der Waals surface area contributed by atoms with E-state index in [9.17, 15) is 9.59 Å². The molecule has 194 valence electrons. The summed E-state index contributed by atoms with van der Waals surface area (Å²) in [6, 6.07) is 15.8. The molecule has 5 rings (SSSR count). The largest absolute Gasteiger partial charge is 1.00 e. The molecular weight excluding hydrogens is 507 g/mol. The van der Waals surface area contributed by atoms with Crippen LogP contribution in [0.25, 0.3) is 22.5 Å². The smallest absolute Gasteiger partial charge is 1.00 e. The number of aryl methyl sites for hydroxylation is 2. The zero-order chi connectivity index (χ0) is 25.8. The second-order valence-electron chi connectivity index (χ2n) is 9.61. The van der Waals surface area contributed by atoms with E-state index in [4.69, 9.17) is 14.2 Å². The van der Waals surface area contributed by atoms with E-state index in [0.717, 1.165) is 78.0 Å². The van der Waals surface area contributed by atoms with Crippen molar-refractivity contribution < 1.29 is 62.1 Å². The Morgan fingerprint density at radius 3 is 2.50 bits per heavy atom. The second-order valence-corrected chi connectivity index (χ2v) is 9.61. The molecule has 0 radical (unpaired) electrons. The normalized spacial score (nSPS) is 15.3. The fraction of sp³-hybridized carbons (Fsp3) is 0.379. The van der Waals surface area contributed by atoms with Crippen LogP contribution in [0.2, 0.25) is 0 Å². The third-order valence-corrected chi connectivity index (χ3v) is 6.96. The number of ether oxygens (including phenoxy) is 1. The van der Waals surface area contributed by atoms with Crippen LogP contribution >= 0.6 is 0 Å². The van der Waals surface area contributed by atoms with Crippen LogP contribution < -0.4 is 62.7 Å². The summed E-state index contributed by atoms with van der Waals surface area (Å²) >= 11 is 0. The summed E-state index contributed by atoms with van der Waals surface area (Å²) in [4.78, 5) is 32.6. The second kappa shape index (κ2) is 13.3. The number of nitrogens with one attached hydrogen (secondary N) is 1. The fourth-order valence-corrected chi connectivity index (χ4v) is 5.02. The van der Waals surface area contributed by atoms with Gasteiger partial charge in [-0.2, -0.15) is 0 Å². The van der Waals surface area contributed by atoms with Gasteiger partial charge in [0.25, 0.3) is 5.56 Å². The number of rotatable bonds is 8. The van der Waals surface area contributed by atoms with E-state index in [1.54, 1.807) is 0 Å². The van der Waals surface area contributed by atoms with Crippen LogP contribution in [0.4, 0.5) is 0 Å². The average molecular weight is 541 g/mol. The van der Waals surface area contributed by atoms with Gasteiger partial charge in [0.05, 0.1) is 12.6 Å². The molecule has 8 nitrogen and oxygen atoms in total. The molecule has 0 amide bonds. The molecule has 4 aromatic rings. The maximum atomic E-state index is 13.7. The maximum absolute atomic E-state index is 13.7. The van der Waals surface area contributed by atoms with Crippen LogP contribution in [0, 0.1) is 6.92 Å². The molecule has 0 saturated carbocycles. The van der Waals surface area contributed by atoms with Crippen molar-refractivity contribution in [1.82, 2.24) is 19.7 Å². The van der Waals surface area contributed by atoms with Crippen LogP contribution in [0.5, 0.6) is 0 Å². The molecule has 0 spiro atoms. The van der Waals surface area contributed by atoms with E-state index in [1.165, 1.54) is 0 Å². The Kier molecular flexibility index (Phi) is 10.1. The molecule has 1 N–H and O–H groups in total. The van der Waals surface area contributed by atoms with E-state index in [1.807, 2.05) is 60.0 Å². The van der Waals surface area contributed by atoms with Gasteiger partial charge in [-0.25, -0.2) is 9.78 Å². The Labute approximate surface area is 265 Å². The predicted molar refractivity (Wildman–Crippen MR) is 143 cm³/mol. The number of aromatic amines is 1. The molecule has 1 aliphatic heterocycles. The van der Waals surface area contributed by atoms with Crippen molar-refractivity contribution in [1.29, 1.82) is 0 Å². The van der Waals surface area contributed by atoms with Gasteiger partial charge in [0.2, 0.25) is 0 Å². The van der Waals surface area contributed by atoms with Gasteiger partial charge >= 0.3 is 57.1 Å². The summed E-state index contributed by atoms with van der Waals surface area (Å²) in [7, 11) is 0. The van der Waals surface area contributed by atoms with Gasteiger partial charge in [0.1, 0.15) is 5.82 Å². The van der Waals surface area contributed by atoms with Gasteiger partial charge in [-0.15, -0.1) is 0 Å². The van der Waals surface area contributed by atoms with Crippen molar-refractivity contribution in [3.8, 4) is 22.5 Å². The Morgan fingerprint density at radius 1 is 1.08 bits per heavy atom. The summed E-state index contributed by atoms with van der Waals surface area (Å²) in [6.45, 7) is 5.27. The molecule has 38 heavy (non-hydrogen) atoms. The monoisotopic (exact) mass is 540 g/mol. The van der Waals surface area contributed by atoms with Crippen LogP contribution in [0.3, 0.4) is 0 Å². The molecule has 3 heterocycles. The maximum Gasteiger partial charge on any atom is 1.00 e. The first-order valence-corrected chi connectivity index (χ1v) is 13.0. The summed E-state index contributed by atoms with van der Waals surface area (Å²) < 4.78 is 12.4. The first kappa shape index (κ1) is 28.9. The molecule has 0 bridgehead atoms. The number of aromatic nitrogens is 4. The first-order valence-electron chi connectivity index (χ1n) is 13.0. The molecule has 9 heteroatoms. The third kappa shape index (κ3) is 6.52. The summed E-state index contributed by atoms with van der Waals surface area (Å²) in [6.07, 6.45) is 5.58. The van der Waals surface area contributed by atoms with Gasteiger partial charge in [0.15, 0.2) is 5.82 Å². The minimum atomic E-state index is -0.588. The number of hydrogen-bond acceptors (Lipinski definition) is 6. The standard InChI is InChI=1S/C29H32N4O4.K.H/c1-3-8-26-30-19(2)25(17-22-9-6-7-16-36-22)28(34)33(26)18-20-12-14-21(15-13-20)23-10-4-5-11-24(23)27-31-29(35)37-32-27;;/h4-5,10-15,22H,3,6-9,16-18H2,1-2H3,(H,31,32,35);;/q;+1;-1. The topological polar surface area (TPSA) is 103 Å². The Balaban J connectivity index is 0.00000210. The average Bonchev–Trinajstić information content (AvgIpc) is 3.36. The summed E-state index contributed by atoms with van der Waals surface area (Å²) in [5, 5.41) is 3.84. The minimum Gasteiger partial charge on any atom is -1.00 e. The summed E-state index contributed by atoms with van der Waals surface area (Å²) in [5.74, 6) is 0.623. The van der Waals surface area contributed by atoms with Crippen LogP contribution in [-0.4, -0.2) is 32.4 Å². The zero-order valence-corrected chi connectivity index (χ0v) is 25.5. The molecular formula is C29H33KN4O4. The Morgan fingerprint density at radius 2 is 1.84 bits per heavy atom. The third-order valence-electron chi connectivity index (χ3n) is 6.96. The van der Waals surface area contributed by atoms with E-state index in [2.05, 4.69) is 17.1 Å². The van der Waals surface area contributed by atoms with Crippen molar-refractivity contribution in [2.24, 2.45) is 0 Å². The van der Waals surface area contributed by atoms with Crippen molar-refractivity contribution in [2.75, 3.05) is 6.61 Å². The minimum absolute atomic E-state index is 0. The molecule has 1 fully saturated rings. The molecule has 2 aromatic heterocycles. The molecule has 1 saturated heterocycles. The number of benzene rings is 2. The summed E-state index contributed by atoms with van der Waals surface area (Å²) in [5.41, 5.74) is 5.31. The van der Waals surface area contributed by atoms with Crippen molar-refractivity contribution in [3.05, 3.63) is 92.1 Å². The number of nitrogens with zero attached hydrogens (tertiary/aromatic N) is 3. The Hall–Kier alpha value is -2.14. The van der Waals surface area contributed by atoms with Gasteiger partial charge < -0.3 is 6.16 Å². The first-order chi connectivity index (χ1) is 18.0. The van der Waals surface area contributed by atoms with Crippen LogP contribution in [0.15, 0.2) is 62.6 Å². The van der Waals surface area contributed by atoms with Gasteiger partial charge in [-0.1, -0.05) is 60.6 Å². The molecule has 1 unspecified atom stereocenters. The van der Waals surface area contributed by atoms with E-state index in [0.29, 0.717) is 18.8 Å². The molecule has 1 atom stereocenters. The Bertz CT molecular complexity index is 1490. The van der Waals surface area contributed by atoms with Crippen molar-refractivity contribution >= 4 is 0 Å². The van der Waals surface area contributed by atoms with Crippen LogP contribution in [-0.2, 0) is 24.1 Å².